The van der Waals surface area contributed by atoms with Crippen LogP contribution in [0.4, 0.5) is 4.39 Å². The normalized spacial score (nSPS) is 19.1. The van der Waals surface area contributed by atoms with Crippen molar-refractivity contribution in [3.8, 4) is 5.75 Å². The van der Waals surface area contributed by atoms with Gasteiger partial charge in [0, 0.05) is 39.3 Å². The second-order valence-corrected chi connectivity index (χ2v) is 6.66. The highest BCUT2D eigenvalue weighted by molar-refractivity contribution is 14.0. The summed E-state index contributed by atoms with van der Waals surface area (Å²) in [6, 6.07) is 6.89. The lowest BCUT2D eigenvalue weighted by atomic mass is 10.2. The lowest BCUT2D eigenvalue weighted by Crippen LogP contribution is -2.53. The lowest BCUT2D eigenvalue weighted by molar-refractivity contribution is -0.0175. The number of ether oxygens (including phenoxy) is 2. The Morgan fingerprint density at radius 2 is 2.15 bits per heavy atom. The van der Waals surface area contributed by atoms with Gasteiger partial charge in [0.1, 0.15) is 18.2 Å². The van der Waals surface area contributed by atoms with Crippen molar-refractivity contribution in [3.63, 3.8) is 0 Å². The summed E-state index contributed by atoms with van der Waals surface area (Å²) in [7, 11) is 3.76. The third-order valence-corrected chi connectivity index (χ3v) is 4.62. The number of aliphatic imine (C=N–C) groups is 1. The van der Waals surface area contributed by atoms with E-state index < -0.39 is 0 Å². The smallest absolute Gasteiger partial charge is 0.193 e. The second-order valence-electron chi connectivity index (χ2n) is 6.66. The Labute approximate surface area is 179 Å². The van der Waals surface area contributed by atoms with Crippen LogP contribution in [0.25, 0.3) is 0 Å². The Morgan fingerprint density at radius 3 is 2.78 bits per heavy atom. The molecule has 0 bridgehead atoms. The Morgan fingerprint density at radius 1 is 1.44 bits per heavy atom. The van der Waals surface area contributed by atoms with E-state index in [1.54, 1.807) is 19.2 Å². The number of hydrogen-bond acceptors (Lipinski definition) is 4. The highest BCUT2D eigenvalue weighted by atomic mass is 127. The van der Waals surface area contributed by atoms with E-state index in [1.807, 2.05) is 11.9 Å². The molecule has 154 valence electrons. The molecule has 1 fully saturated rings. The number of nitrogens with one attached hydrogen (secondary N) is 1. The zero-order chi connectivity index (χ0) is 18.9. The maximum atomic E-state index is 12.9. The molecule has 2 rings (SSSR count). The quantitative estimate of drug-likeness (QED) is 0.359. The van der Waals surface area contributed by atoms with Crippen molar-refractivity contribution < 1.29 is 13.9 Å². The Hall–Kier alpha value is -1.13. The molecule has 1 aromatic carbocycles. The predicted molar refractivity (Wildman–Crippen MR) is 118 cm³/mol. The van der Waals surface area contributed by atoms with Crippen molar-refractivity contribution in [2.75, 3.05) is 53.6 Å². The molecule has 8 heteroatoms. The van der Waals surface area contributed by atoms with Gasteiger partial charge in [-0.1, -0.05) is 0 Å². The monoisotopic (exact) mass is 494 g/mol. The van der Waals surface area contributed by atoms with Gasteiger partial charge < -0.3 is 19.7 Å². The van der Waals surface area contributed by atoms with E-state index in [1.165, 1.54) is 12.1 Å². The molecule has 0 saturated carbocycles. The first kappa shape index (κ1) is 23.9. The van der Waals surface area contributed by atoms with E-state index in [9.17, 15) is 4.39 Å². The molecule has 1 N–H and O–H groups in total. The summed E-state index contributed by atoms with van der Waals surface area (Å²) in [5.74, 6) is 1.24. The minimum absolute atomic E-state index is 0. The third-order valence-electron chi connectivity index (χ3n) is 4.62. The van der Waals surface area contributed by atoms with Gasteiger partial charge in [-0.3, -0.25) is 9.89 Å². The van der Waals surface area contributed by atoms with Crippen molar-refractivity contribution in [1.29, 1.82) is 0 Å². The molecule has 1 aliphatic rings. The lowest BCUT2D eigenvalue weighted by Gasteiger charge is -2.38. The van der Waals surface area contributed by atoms with Gasteiger partial charge in [-0.15, -0.1) is 24.0 Å². The van der Waals surface area contributed by atoms with Gasteiger partial charge in [0.15, 0.2) is 5.96 Å². The van der Waals surface area contributed by atoms with Crippen LogP contribution in [0.5, 0.6) is 5.75 Å². The van der Waals surface area contributed by atoms with E-state index in [-0.39, 0.29) is 29.8 Å². The van der Waals surface area contributed by atoms with Crippen LogP contribution >= 0.6 is 24.0 Å². The Kier molecular flexibility index (Phi) is 10.9. The van der Waals surface area contributed by atoms with E-state index in [0.717, 1.165) is 32.3 Å². The van der Waals surface area contributed by atoms with E-state index in [2.05, 4.69) is 29.1 Å². The zero-order valence-electron chi connectivity index (χ0n) is 16.7. The number of morpholine rings is 1. The van der Waals surface area contributed by atoms with Gasteiger partial charge >= 0.3 is 0 Å². The van der Waals surface area contributed by atoms with Gasteiger partial charge in [0.2, 0.25) is 0 Å². The zero-order valence-corrected chi connectivity index (χ0v) is 19.0. The fourth-order valence-electron chi connectivity index (χ4n) is 3.07. The van der Waals surface area contributed by atoms with E-state index >= 15 is 0 Å². The SMILES string of the molecule is CN=C(NCC(C)N1CCOCC1C)N(C)CCOc1ccc(F)cc1.I. The summed E-state index contributed by atoms with van der Waals surface area (Å²) in [4.78, 5) is 8.83. The Balaban J connectivity index is 0.00000364. The molecular formula is C19H32FIN4O2. The summed E-state index contributed by atoms with van der Waals surface area (Å²) in [5.41, 5.74) is 0. The van der Waals surface area contributed by atoms with E-state index in [4.69, 9.17) is 9.47 Å². The largest absolute Gasteiger partial charge is 0.492 e. The number of hydrogen-bond donors (Lipinski definition) is 1. The highest BCUT2D eigenvalue weighted by Gasteiger charge is 2.23. The maximum absolute atomic E-state index is 12.9. The molecule has 1 heterocycles. The number of rotatable bonds is 7. The fourth-order valence-corrected chi connectivity index (χ4v) is 3.07. The summed E-state index contributed by atoms with van der Waals surface area (Å²) >= 11 is 0. The number of likely N-dealkylation sites (N-methyl/N-ethyl adjacent to an activating group) is 1. The number of guanidine groups is 1. The van der Waals surface area contributed by atoms with Crippen molar-refractivity contribution in [2.24, 2.45) is 4.99 Å². The standard InChI is InChI=1S/C19H31FN4O2.HI/c1-15(24-10-11-25-14-16(24)2)13-22-19(21-3)23(4)9-12-26-18-7-5-17(20)6-8-18;/h5-8,15-16H,9-14H2,1-4H3,(H,21,22);1H. The van der Waals surface area contributed by atoms with Crippen LogP contribution in [0.15, 0.2) is 29.3 Å². The predicted octanol–water partition coefficient (Wildman–Crippen LogP) is 2.44. The molecule has 2 atom stereocenters. The van der Waals surface area contributed by atoms with Crippen LogP contribution in [-0.2, 0) is 4.74 Å². The van der Waals surface area contributed by atoms with Crippen LogP contribution in [0.1, 0.15) is 13.8 Å². The minimum Gasteiger partial charge on any atom is -0.492 e. The summed E-state index contributed by atoms with van der Waals surface area (Å²) < 4.78 is 24.1. The van der Waals surface area contributed by atoms with Gasteiger partial charge in [-0.25, -0.2) is 4.39 Å². The summed E-state index contributed by atoms with van der Waals surface area (Å²) in [5, 5.41) is 3.43. The first-order valence-electron chi connectivity index (χ1n) is 9.15. The van der Waals surface area contributed by atoms with Crippen molar-refractivity contribution in [3.05, 3.63) is 30.1 Å². The fraction of sp³-hybridized carbons (Fsp3) is 0.632. The molecule has 0 radical (unpaired) electrons. The number of benzene rings is 1. The molecule has 0 aliphatic carbocycles. The van der Waals surface area contributed by atoms with Gasteiger partial charge in [0.05, 0.1) is 19.8 Å². The van der Waals surface area contributed by atoms with Gasteiger partial charge in [-0.2, -0.15) is 0 Å². The van der Waals surface area contributed by atoms with Crippen molar-refractivity contribution >= 4 is 29.9 Å². The van der Waals surface area contributed by atoms with Crippen molar-refractivity contribution in [1.82, 2.24) is 15.1 Å². The van der Waals surface area contributed by atoms with Gasteiger partial charge in [-0.05, 0) is 38.1 Å². The Bertz CT molecular complexity index is 573. The molecule has 0 aromatic heterocycles. The highest BCUT2D eigenvalue weighted by Crippen LogP contribution is 2.11. The molecular weight excluding hydrogens is 462 g/mol. The molecule has 1 aromatic rings. The molecule has 27 heavy (non-hydrogen) atoms. The molecule has 2 unspecified atom stereocenters. The number of halogens is 2. The van der Waals surface area contributed by atoms with Crippen LogP contribution < -0.4 is 10.1 Å². The third kappa shape index (κ3) is 7.79. The average molecular weight is 494 g/mol. The molecule has 1 saturated heterocycles. The average Bonchev–Trinajstić information content (AvgIpc) is 2.64. The van der Waals surface area contributed by atoms with E-state index in [0.29, 0.717) is 31.0 Å². The second kappa shape index (κ2) is 12.4. The first-order chi connectivity index (χ1) is 12.5. The summed E-state index contributed by atoms with van der Waals surface area (Å²) in [6.07, 6.45) is 0. The number of nitrogens with zero attached hydrogens (tertiary/aromatic N) is 3. The molecule has 1 aliphatic heterocycles. The molecule has 0 spiro atoms. The van der Waals surface area contributed by atoms with Crippen molar-refractivity contribution in [2.45, 2.75) is 25.9 Å². The molecule has 0 amide bonds. The minimum atomic E-state index is -0.261. The first-order valence-corrected chi connectivity index (χ1v) is 9.15. The molecule has 6 nitrogen and oxygen atoms in total. The van der Waals surface area contributed by atoms with Crippen LogP contribution in [-0.4, -0.2) is 81.4 Å². The van der Waals surface area contributed by atoms with Crippen LogP contribution in [0, 0.1) is 5.82 Å². The van der Waals surface area contributed by atoms with Crippen LogP contribution in [0.2, 0.25) is 0 Å². The van der Waals surface area contributed by atoms with Gasteiger partial charge in [0.25, 0.3) is 0 Å². The maximum Gasteiger partial charge on any atom is 0.193 e. The summed E-state index contributed by atoms with van der Waals surface area (Å²) in [6.45, 7) is 8.97. The van der Waals surface area contributed by atoms with Crippen LogP contribution in [0.3, 0.4) is 0 Å². The topological polar surface area (TPSA) is 49.3 Å².